The Balaban J connectivity index is 1.78. The van der Waals surface area contributed by atoms with Crippen molar-refractivity contribution in [1.82, 2.24) is 0 Å². The summed E-state index contributed by atoms with van der Waals surface area (Å²) in [6.45, 7) is 2.11. The molecule has 0 aliphatic heterocycles. The van der Waals surface area contributed by atoms with E-state index in [4.69, 9.17) is 10.7 Å². The van der Waals surface area contributed by atoms with Gasteiger partial charge in [-0.1, -0.05) is 5.34 Å². The Hall–Kier alpha value is -0.200. The van der Waals surface area contributed by atoms with E-state index < -0.39 is 5.34 Å². The molecule has 5 heteroatoms. The highest BCUT2D eigenvalue weighted by molar-refractivity contribution is 5.05. The summed E-state index contributed by atoms with van der Waals surface area (Å²) in [4.78, 5) is 5.71. The molecular formula is C12H23N3O2. The van der Waals surface area contributed by atoms with Gasteiger partial charge in [0.25, 0.3) is 0 Å². The van der Waals surface area contributed by atoms with E-state index in [1.54, 1.807) is 0 Å². The molecule has 0 aromatic heterocycles. The normalized spacial score (nSPS) is 51.5. The SMILES string of the molecule is C[NH+]([NH-])[NH+]([O-])OC1(C)C2CC3CC(C2)CC1C3. The molecule has 0 spiro atoms. The molecule has 0 amide bonds. The standard InChI is InChI=1S/C12H23N3O2/c1-12(17-15(16)14(2)13)10-4-8-3-9(6-10)7-11(12)5-8/h8-11,13-15H,3-7H2,1-2H3. The summed E-state index contributed by atoms with van der Waals surface area (Å²) in [5.41, 5.74) is -0.285. The molecule has 0 radical (unpaired) electrons. The first-order chi connectivity index (χ1) is 7.99. The summed E-state index contributed by atoms with van der Waals surface area (Å²) in [6, 6.07) is 0. The van der Waals surface area contributed by atoms with E-state index in [-0.39, 0.29) is 10.7 Å². The Morgan fingerprint density at radius 3 is 2.00 bits per heavy atom. The molecule has 98 valence electrons. The zero-order valence-electron chi connectivity index (χ0n) is 10.7. The molecule has 0 aromatic carbocycles. The molecular weight excluding hydrogens is 218 g/mol. The van der Waals surface area contributed by atoms with Gasteiger partial charge in [-0.3, -0.25) is 0 Å². The summed E-state index contributed by atoms with van der Waals surface area (Å²) in [5, 5.41) is 11.3. The fourth-order valence-corrected chi connectivity index (χ4v) is 4.56. The molecule has 4 rings (SSSR count). The van der Waals surface area contributed by atoms with Gasteiger partial charge in [-0.25, -0.2) is 5.12 Å². The van der Waals surface area contributed by atoms with Gasteiger partial charge >= 0.3 is 0 Å². The first-order valence-corrected chi connectivity index (χ1v) is 6.77. The summed E-state index contributed by atoms with van der Waals surface area (Å²) >= 11 is 0. The van der Waals surface area contributed by atoms with Crippen molar-refractivity contribution >= 4 is 0 Å². The van der Waals surface area contributed by atoms with E-state index in [9.17, 15) is 5.21 Å². The van der Waals surface area contributed by atoms with Crippen molar-refractivity contribution in [3.8, 4) is 0 Å². The lowest BCUT2D eigenvalue weighted by molar-refractivity contribution is -1.54. The van der Waals surface area contributed by atoms with E-state index in [0.717, 1.165) is 11.8 Å². The van der Waals surface area contributed by atoms with Gasteiger partial charge in [0.15, 0.2) is 0 Å². The molecule has 4 fully saturated rings. The van der Waals surface area contributed by atoms with Crippen molar-refractivity contribution in [1.29, 1.82) is 0 Å². The predicted octanol–water partition coefficient (Wildman–Crippen LogP) is -0.0876. The van der Waals surface area contributed by atoms with Crippen LogP contribution in [0.3, 0.4) is 0 Å². The van der Waals surface area contributed by atoms with Crippen molar-refractivity contribution < 1.29 is 15.3 Å². The van der Waals surface area contributed by atoms with Gasteiger partial charge in [0.2, 0.25) is 0 Å². The monoisotopic (exact) mass is 241 g/mol. The highest BCUT2D eigenvalue weighted by atomic mass is 16.9. The van der Waals surface area contributed by atoms with Crippen LogP contribution in [0.5, 0.6) is 0 Å². The molecule has 2 unspecified atom stereocenters. The first-order valence-electron chi connectivity index (χ1n) is 6.77. The predicted molar refractivity (Wildman–Crippen MR) is 62.1 cm³/mol. The Morgan fingerprint density at radius 2 is 1.59 bits per heavy atom. The lowest BCUT2D eigenvalue weighted by Crippen LogP contribution is -3.53. The van der Waals surface area contributed by atoms with Crippen molar-refractivity contribution in [2.45, 2.75) is 44.6 Å². The van der Waals surface area contributed by atoms with Crippen LogP contribution in [-0.2, 0) is 4.84 Å². The highest BCUT2D eigenvalue weighted by Crippen LogP contribution is 2.58. The topological polar surface area (TPSA) is 65.0 Å². The number of hydrogen-bond acceptors (Lipinski definition) is 2. The number of hydrogen-bond donors (Lipinski definition) is 2. The molecule has 2 atom stereocenters. The summed E-state index contributed by atoms with van der Waals surface area (Å²) < 4.78 is 0. The molecule has 4 aliphatic rings. The minimum absolute atomic E-state index is 0.0278. The highest BCUT2D eigenvalue weighted by Gasteiger charge is 2.58. The van der Waals surface area contributed by atoms with Gasteiger partial charge in [0.1, 0.15) is 12.6 Å². The molecule has 17 heavy (non-hydrogen) atoms. The Bertz CT molecular complexity index is 280. The average molecular weight is 241 g/mol. The van der Waals surface area contributed by atoms with Gasteiger partial charge in [0.05, 0.1) is 0 Å². The van der Waals surface area contributed by atoms with E-state index in [1.165, 1.54) is 39.2 Å². The maximum absolute atomic E-state index is 11.7. The van der Waals surface area contributed by atoms with Crippen LogP contribution in [0.2, 0.25) is 0 Å². The lowest BCUT2D eigenvalue weighted by Gasteiger charge is -2.58. The second-order valence-electron chi connectivity index (χ2n) is 6.50. The van der Waals surface area contributed by atoms with Crippen LogP contribution in [-0.4, -0.2) is 12.6 Å². The minimum Gasteiger partial charge on any atom is -0.550 e. The zero-order chi connectivity index (χ0) is 12.2. The van der Waals surface area contributed by atoms with Crippen LogP contribution < -0.4 is 10.5 Å². The summed E-state index contributed by atoms with van der Waals surface area (Å²) in [5.74, 6) is 10.2. The third-order valence-electron chi connectivity index (χ3n) is 5.38. The molecule has 4 bridgehead atoms. The van der Waals surface area contributed by atoms with E-state index >= 15 is 0 Å². The first kappa shape index (κ1) is 11.9. The zero-order valence-corrected chi connectivity index (χ0v) is 10.7. The second-order valence-corrected chi connectivity index (χ2v) is 6.50. The Kier molecular flexibility index (Phi) is 2.72. The van der Waals surface area contributed by atoms with Crippen molar-refractivity contribution in [2.75, 3.05) is 7.05 Å². The van der Waals surface area contributed by atoms with Crippen LogP contribution in [0.1, 0.15) is 39.0 Å². The quantitative estimate of drug-likeness (QED) is 0.678. The molecule has 5 nitrogen and oxygen atoms in total. The summed E-state index contributed by atoms with van der Waals surface area (Å²) in [7, 11) is 1.52. The molecule has 0 saturated heterocycles. The maximum Gasteiger partial charge on any atom is 0.137 e. The van der Waals surface area contributed by atoms with Gasteiger partial charge in [-0.2, -0.15) is 0 Å². The molecule has 4 aliphatic carbocycles. The Labute approximate surface area is 102 Å². The molecule has 0 aromatic rings. The van der Waals surface area contributed by atoms with Gasteiger partial charge in [-0.15, -0.1) is 4.84 Å². The van der Waals surface area contributed by atoms with Crippen molar-refractivity contribution in [3.05, 3.63) is 11.0 Å². The third-order valence-corrected chi connectivity index (χ3v) is 5.38. The molecule has 4 saturated carbocycles. The van der Waals surface area contributed by atoms with Crippen LogP contribution in [0.4, 0.5) is 0 Å². The van der Waals surface area contributed by atoms with E-state index in [1.807, 2.05) is 0 Å². The van der Waals surface area contributed by atoms with Crippen LogP contribution >= 0.6 is 0 Å². The maximum atomic E-state index is 11.7. The molecule has 0 heterocycles. The fourth-order valence-electron chi connectivity index (χ4n) is 4.56. The van der Waals surface area contributed by atoms with Crippen molar-refractivity contribution in [3.63, 3.8) is 0 Å². The van der Waals surface area contributed by atoms with Crippen molar-refractivity contribution in [2.24, 2.45) is 23.7 Å². The van der Waals surface area contributed by atoms with Gasteiger partial charge in [0, 0.05) is 0 Å². The largest absolute Gasteiger partial charge is 0.550 e. The van der Waals surface area contributed by atoms with Crippen LogP contribution in [0, 0.1) is 28.9 Å². The second kappa shape index (κ2) is 3.90. The third kappa shape index (κ3) is 1.81. The number of nitrogens with one attached hydrogen (secondary N) is 3. The van der Waals surface area contributed by atoms with Gasteiger partial charge < -0.3 is 11.0 Å². The molecule has 3 N–H and O–H groups in total. The van der Waals surface area contributed by atoms with E-state index in [2.05, 4.69) is 6.92 Å². The van der Waals surface area contributed by atoms with Crippen LogP contribution in [0.25, 0.3) is 5.84 Å². The van der Waals surface area contributed by atoms with E-state index in [0.29, 0.717) is 11.8 Å². The Morgan fingerprint density at radius 1 is 1.12 bits per heavy atom. The number of rotatable bonds is 3. The fraction of sp³-hybridized carbons (Fsp3) is 1.00. The van der Waals surface area contributed by atoms with Crippen LogP contribution in [0.15, 0.2) is 0 Å². The average Bonchev–Trinajstić information content (AvgIpc) is 2.25. The smallest absolute Gasteiger partial charge is 0.137 e. The minimum atomic E-state index is -0.417. The summed E-state index contributed by atoms with van der Waals surface area (Å²) in [6.07, 6.45) is 6.32. The van der Waals surface area contributed by atoms with Gasteiger partial charge in [-0.05, 0) is 62.7 Å². The number of quaternary nitrogens is 2. The lowest BCUT2D eigenvalue weighted by atomic mass is 9.50.